The van der Waals surface area contributed by atoms with Gasteiger partial charge in [0.15, 0.2) is 0 Å². The average molecular weight is 415 g/mol. The summed E-state index contributed by atoms with van der Waals surface area (Å²) in [6.07, 6.45) is 5.91. The summed E-state index contributed by atoms with van der Waals surface area (Å²) in [6, 6.07) is 19.7. The lowest BCUT2D eigenvalue weighted by molar-refractivity contribution is -0.140. The van der Waals surface area contributed by atoms with Crippen molar-refractivity contribution in [2.24, 2.45) is 0 Å². The fraction of sp³-hybridized carbons (Fsp3) is 0.240. The Morgan fingerprint density at radius 1 is 1.13 bits per heavy atom. The number of rotatable bonds is 6. The molecule has 1 aliphatic heterocycles. The maximum atomic E-state index is 12.9. The Morgan fingerprint density at radius 2 is 1.84 bits per heavy atom. The molecule has 1 atom stereocenters. The van der Waals surface area contributed by atoms with Gasteiger partial charge in [-0.1, -0.05) is 67.6 Å². The maximum absolute atomic E-state index is 12.9. The molecule has 1 fully saturated rings. The van der Waals surface area contributed by atoms with E-state index in [0.29, 0.717) is 26.1 Å². The minimum Gasteiger partial charge on any atom is -0.353 e. The zero-order chi connectivity index (χ0) is 21.6. The van der Waals surface area contributed by atoms with Crippen LogP contribution in [-0.4, -0.2) is 45.6 Å². The van der Waals surface area contributed by atoms with E-state index in [0.717, 1.165) is 22.4 Å². The molecule has 0 spiro atoms. The lowest BCUT2D eigenvalue weighted by atomic mass is 10.1. The second-order valence-corrected chi connectivity index (χ2v) is 7.56. The number of carbonyl (C=O) groups is 2. The number of aromatic nitrogens is 2. The molecular weight excluding hydrogens is 388 g/mol. The number of hydrogen-bond donors (Lipinski definition) is 1. The minimum absolute atomic E-state index is 0.0869. The van der Waals surface area contributed by atoms with Crippen LogP contribution in [0.25, 0.3) is 17.3 Å². The average Bonchev–Trinajstić information content (AvgIpc) is 3.21. The van der Waals surface area contributed by atoms with E-state index in [1.807, 2.05) is 66.3 Å². The molecule has 2 amide bonds. The van der Waals surface area contributed by atoms with Crippen LogP contribution in [-0.2, 0) is 16.1 Å². The molecule has 2 heterocycles. The van der Waals surface area contributed by atoms with Crippen LogP contribution in [0.15, 0.2) is 72.9 Å². The summed E-state index contributed by atoms with van der Waals surface area (Å²) in [5.74, 6) is -0.243. The van der Waals surface area contributed by atoms with Crippen molar-refractivity contribution in [2.45, 2.75) is 25.9 Å². The molecule has 3 aromatic rings. The van der Waals surface area contributed by atoms with Crippen molar-refractivity contribution in [1.82, 2.24) is 20.0 Å². The van der Waals surface area contributed by atoms with Gasteiger partial charge in [0.2, 0.25) is 11.8 Å². The second-order valence-electron chi connectivity index (χ2n) is 7.56. The molecule has 0 bridgehead atoms. The first-order valence-corrected chi connectivity index (χ1v) is 10.6. The number of nitrogens with one attached hydrogen (secondary N) is 1. The molecule has 6 nitrogen and oxygen atoms in total. The van der Waals surface area contributed by atoms with Gasteiger partial charge in [0.25, 0.3) is 0 Å². The van der Waals surface area contributed by atoms with Crippen LogP contribution in [0.3, 0.4) is 0 Å². The van der Waals surface area contributed by atoms with Gasteiger partial charge in [0, 0.05) is 36.5 Å². The zero-order valence-corrected chi connectivity index (χ0v) is 17.6. The van der Waals surface area contributed by atoms with Gasteiger partial charge >= 0.3 is 0 Å². The topological polar surface area (TPSA) is 67.2 Å². The lowest BCUT2D eigenvalue weighted by Gasteiger charge is -2.33. The van der Waals surface area contributed by atoms with E-state index >= 15 is 0 Å². The number of nitrogens with zero attached hydrogens (tertiary/aromatic N) is 3. The molecule has 0 radical (unpaired) electrons. The number of hydrogen-bond acceptors (Lipinski definition) is 3. The normalized spacial score (nSPS) is 16.5. The first-order valence-electron chi connectivity index (χ1n) is 10.6. The molecule has 1 aliphatic rings. The van der Waals surface area contributed by atoms with Crippen molar-refractivity contribution in [3.8, 4) is 11.3 Å². The van der Waals surface area contributed by atoms with Gasteiger partial charge in [-0.05, 0) is 18.1 Å². The molecule has 1 aromatic heterocycles. The van der Waals surface area contributed by atoms with Crippen molar-refractivity contribution >= 4 is 17.9 Å². The van der Waals surface area contributed by atoms with E-state index < -0.39 is 6.04 Å². The third-order valence-corrected chi connectivity index (χ3v) is 5.43. The summed E-state index contributed by atoms with van der Waals surface area (Å²) in [5, 5.41) is 7.61. The highest BCUT2D eigenvalue weighted by molar-refractivity contribution is 5.96. The van der Waals surface area contributed by atoms with Gasteiger partial charge in [-0.25, -0.2) is 0 Å². The lowest BCUT2D eigenvalue weighted by Crippen LogP contribution is -2.56. The highest BCUT2D eigenvalue weighted by Crippen LogP contribution is 2.24. The molecule has 0 saturated carbocycles. The fourth-order valence-corrected chi connectivity index (χ4v) is 3.87. The molecule has 2 aromatic carbocycles. The molecule has 1 N–H and O–H groups in total. The Balaban J connectivity index is 1.61. The third-order valence-electron chi connectivity index (χ3n) is 5.43. The predicted octanol–water partition coefficient (Wildman–Crippen LogP) is 3.35. The predicted molar refractivity (Wildman–Crippen MR) is 121 cm³/mol. The van der Waals surface area contributed by atoms with E-state index in [1.165, 1.54) is 0 Å². The number of carbonyl (C=O) groups excluding carboxylic acids is 2. The van der Waals surface area contributed by atoms with Crippen LogP contribution in [0.5, 0.6) is 0 Å². The smallest absolute Gasteiger partial charge is 0.247 e. The summed E-state index contributed by atoms with van der Waals surface area (Å²) in [5.41, 5.74) is 3.83. The van der Waals surface area contributed by atoms with Gasteiger partial charge in [0.1, 0.15) is 6.04 Å². The first kappa shape index (κ1) is 20.6. The largest absolute Gasteiger partial charge is 0.353 e. The number of piperazine rings is 1. The Kier molecular flexibility index (Phi) is 6.26. The second kappa shape index (κ2) is 9.43. The van der Waals surface area contributed by atoms with Crippen molar-refractivity contribution in [3.05, 3.63) is 84.1 Å². The van der Waals surface area contributed by atoms with Gasteiger partial charge in [-0.15, -0.1) is 0 Å². The van der Waals surface area contributed by atoms with E-state index in [9.17, 15) is 9.59 Å². The van der Waals surface area contributed by atoms with Gasteiger partial charge in [-0.3, -0.25) is 14.3 Å². The molecule has 6 heteroatoms. The molecule has 31 heavy (non-hydrogen) atoms. The highest BCUT2D eigenvalue weighted by atomic mass is 16.2. The van der Waals surface area contributed by atoms with Crippen LogP contribution in [0, 0.1) is 0 Å². The quantitative estimate of drug-likeness (QED) is 0.629. The molecule has 4 rings (SSSR count). The van der Waals surface area contributed by atoms with Crippen LogP contribution in [0.2, 0.25) is 0 Å². The Morgan fingerprint density at radius 3 is 2.55 bits per heavy atom. The summed E-state index contributed by atoms with van der Waals surface area (Å²) in [7, 11) is 0. The van der Waals surface area contributed by atoms with Crippen LogP contribution < -0.4 is 5.32 Å². The monoisotopic (exact) mass is 414 g/mol. The number of amides is 2. The fourth-order valence-electron chi connectivity index (χ4n) is 3.87. The summed E-state index contributed by atoms with van der Waals surface area (Å²) < 4.78 is 1.89. The molecule has 158 valence electrons. The van der Waals surface area contributed by atoms with Crippen LogP contribution in [0.1, 0.15) is 24.5 Å². The van der Waals surface area contributed by atoms with Crippen LogP contribution >= 0.6 is 0 Å². The van der Waals surface area contributed by atoms with Crippen molar-refractivity contribution in [2.75, 3.05) is 13.1 Å². The SMILES string of the molecule is CCC1C(=O)NCCN1C(=O)/C=C/c1cn(Cc2ccccc2)nc1-c1ccccc1. The van der Waals surface area contributed by atoms with E-state index in [-0.39, 0.29) is 11.8 Å². The Labute approximate surface area is 182 Å². The first-order chi connectivity index (χ1) is 15.2. The van der Waals surface area contributed by atoms with Gasteiger partial charge in [0.05, 0.1) is 12.2 Å². The minimum atomic E-state index is -0.416. The summed E-state index contributed by atoms with van der Waals surface area (Å²) >= 11 is 0. The molecule has 1 unspecified atom stereocenters. The maximum Gasteiger partial charge on any atom is 0.247 e. The highest BCUT2D eigenvalue weighted by Gasteiger charge is 2.30. The van der Waals surface area contributed by atoms with Crippen molar-refractivity contribution < 1.29 is 9.59 Å². The third kappa shape index (κ3) is 4.74. The Bertz CT molecular complexity index is 1070. The Hall–Kier alpha value is -3.67. The van der Waals surface area contributed by atoms with Crippen molar-refractivity contribution in [1.29, 1.82) is 0 Å². The van der Waals surface area contributed by atoms with E-state index in [2.05, 4.69) is 17.4 Å². The van der Waals surface area contributed by atoms with E-state index in [4.69, 9.17) is 5.10 Å². The molecular formula is C25H26N4O2. The summed E-state index contributed by atoms with van der Waals surface area (Å²) in [6.45, 7) is 3.57. The van der Waals surface area contributed by atoms with E-state index in [1.54, 1.807) is 17.1 Å². The number of benzene rings is 2. The molecule has 1 saturated heterocycles. The van der Waals surface area contributed by atoms with Gasteiger partial charge in [-0.2, -0.15) is 5.10 Å². The van der Waals surface area contributed by atoms with Crippen molar-refractivity contribution in [3.63, 3.8) is 0 Å². The standard InChI is InChI=1S/C25H26N4O2/c1-2-22-25(31)26-15-16-29(22)23(30)14-13-21-18-28(17-19-9-5-3-6-10-19)27-24(21)20-11-7-4-8-12-20/h3-14,18,22H,2,15-17H2,1H3,(H,26,31)/b14-13+. The summed E-state index contributed by atoms with van der Waals surface area (Å²) in [4.78, 5) is 26.6. The van der Waals surface area contributed by atoms with Crippen LogP contribution in [0.4, 0.5) is 0 Å². The molecule has 0 aliphatic carbocycles. The zero-order valence-electron chi connectivity index (χ0n) is 17.6. The van der Waals surface area contributed by atoms with Gasteiger partial charge < -0.3 is 10.2 Å².